The van der Waals surface area contributed by atoms with Crippen LogP contribution in [0.2, 0.25) is 0 Å². The number of nitrogens with two attached hydrogens (primary N) is 1. The Hall–Kier alpha value is -2.62. The molecule has 3 rings (SSSR count). The molecule has 4 nitrogen and oxygen atoms in total. The molecule has 0 aliphatic rings. The van der Waals surface area contributed by atoms with Gasteiger partial charge in [-0.25, -0.2) is 0 Å². The molecule has 1 aromatic heterocycles. The van der Waals surface area contributed by atoms with E-state index >= 15 is 0 Å². The van der Waals surface area contributed by atoms with Crippen LogP contribution in [0.1, 0.15) is 11.1 Å². The Bertz CT molecular complexity index is 828. The summed E-state index contributed by atoms with van der Waals surface area (Å²) in [5.41, 5.74) is 9.96. The van der Waals surface area contributed by atoms with Gasteiger partial charge in [-0.2, -0.15) is 0 Å². The predicted molar refractivity (Wildman–Crippen MR) is 85.4 cm³/mol. The molecule has 106 valence electrons. The summed E-state index contributed by atoms with van der Waals surface area (Å²) in [6.07, 6.45) is 0. The van der Waals surface area contributed by atoms with Gasteiger partial charge in [-0.1, -0.05) is 30.3 Å². The summed E-state index contributed by atoms with van der Waals surface area (Å²) in [5, 5.41) is 10.3. The zero-order valence-corrected chi connectivity index (χ0v) is 12.3. The molecular weight excluding hydrogens is 262 g/mol. The lowest BCUT2D eigenvalue weighted by Gasteiger charge is -2.14. The monoisotopic (exact) mass is 279 g/mol. The first-order chi connectivity index (χ1) is 10.1. The van der Waals surface area contributed by atoms with Gasteiger partial charge in [-0.15, -0.1) is 10.2 Å². The molecule has 2 N–H and O–H groups in total. The van der Waals surface area contributed by atoms with Gasteiger partial charge < -0.3 is 10.5 Å². The van der Waals surface area contributed by atoms with E-state index in [4.69, 9.17) is 10.5 Å². The van der Waals surface area contributed by atoms with Crippen molar-refractivity contribution in [2.24, 2.45) is 0 Å². The van der Waals surface area contributed by atoms with Gasteiger partial charge in [0.1, 0.15) is 11.4 Å². The molecule has 1 heterocycles. The number of fused-ring (bicyclic) bond motifs is 1. The van der Waals surface area contributed by atoms with E-state index in [2.05, 4.69) is 23.2 Å². The van der Waals surface area contributed by atoms with Gasteiger partial charge in [0, 0.05) is 16.3 Å². The highest BCUT2D eigenvalue weighted by molar-refractivity contribution is 6.00. The minimum atomic E-state index is 0.443. The average Bonchev–Trinajstić information content (AvgIpc) is 2.48. The van der Waals surface area contributed by atoms with Crippen molar-refractivity contribution in [2.75, 3.05) is 12.8 Å². The molecule has 0 amide bonds. The lowest BCUT2D eigenvalue weighted by molar-refractivity contribution is 0.415. The van der Waals surface area contributed by atoms with Crippen LogP contribution in [0.15, 0.2) is 36.4 Å². The van der Waals surface area contributed by atoms with Gasteiger partial charge in [-0.3, -0.25) is 0 Å². The fourth-order valence-corrected chi connectivity index (χ4v) is 2.70. The minimum Gasteiger partial charge on any atom is -0.496 e. The first kappa shape index (κ1) is 13.4. The zero-order valence-electron chi connectivity index (χ0n) is 12.3. The number of rotatable bonds is 2. The summed E-state index contributed by atoms with van der Waals surface area (Å²) in [6.45, 7) is 4.10. The number of nitrogen functional groups attached to an aromatic ring is 1. The Labute approximate surface area is 123 Å². The summed E-state index contributed by atoms with van der Waals surface area (Å²) in [5.74, 6) is 1.25. The maximum Gasteiger partial charge on any atom is 0.154 e. The number of benzene rings is 2. The van der Waals surface area contributed by atoms with Crippen molar-refractivity contribution in [3.05, 3.63) is 47.5 Å². The fourth-order valence-electron chi connectivity index (χ4n) is 2.70. The lowest BCUT2D eigenvalue weighted by atomic mass is 9.98. The minimum absolute atomic E-state index is 0.443. The summed E-state index contributed by atoms with van der Waals surface area (Å²) >= 11 is 0. The van der Waals surface area contributed by atoms with Crippen LogP contribution >= 0.6 is 0 Å². The molecule has 0 atom stereocenters. The average molecular weight is 279 g/mol. The standard InChI is InChI=1S/C17H17N3O/c1-10-8-11(2)15(14(9-10)21-3)16-12-6-4-5-7-13(12)17(18)20-19-16/h4-9H,1-3H3,(H2,18,20). The Morgan fingerprint density at radius 2 is 1.71 bits per heavy atom. The van der Waals surface area contributed by atoms with Gasteiger partial charge >= 0.3 is 0 Å². The number of methoxy groups -OCH3 is 1. The molecule has 21 heavy (non-hydrogen) atoms. The number of nitrogens with zero attached hydrogens (tertiary/aromatic N) is 2. The van der Waals surface area contributed by atoms with E-state index in [9.17, 15) is 0 Å². The van der Waals surface area contributed by atoms with E-state index in [1.54, 1.807) is 7.11 Å². The molecular formula is C17H17N3O. The molecule has 4 heteroatoms. The first-order valence-corrected chi connectivity index (χ1v) is 6.78. The largest absolute Gasteiger partial charge is 0.496 e. The Kier molecular flexibility index (Phi) is 3.22. The topological polar surface area (TPSA) is 61.0 Å². The van der Waals surface area contributed by atoms with E-state index < -0.39 is 0 Å². The van der Waals surface area contributed by atoms with Crippen molar-refractivity contribution >= 4 is 16.6 Å². The molecule has 2 aromatic carbocycles. The molecule has 3 aromatic rings. The molecule has 0 spiro atoms. The fraction of sp³-hybridized carbons (Fsp3) is 0.176. The number of anilines is 1. The number of hydrogen-bond acceptors (Lipinski definition) is 4. The number of hydrogen-bond donors (Lipinski definition) is 1. The van der Waals surface area contributed by atoms with Gasteiger partial charge in [0.25, 0.3) is 0 Å². The summed E-state index contributed by atoms with van der Waals surface area (Å²) in [4.78, 5) is 0. The van der Waals surface area contributed by atoms with E-state index in [0.29, 0.717) is 5.82 Å². The summed E-state index contributed by atoms with van der Waals surface area (Å²) in [7, 11) is 1.67. The van der Waals surface area contributed by atoms with Crippen molar-refractivity contribution in [1.29, 1.82) is 0 Å². The second-order valence-corrected chi connectivity index (χ2v) is 5.14. The Balaban J connectivity index is 2.39. The molecule has 0 saturated heterocycles. The lowest BCUT2D eigenvalue weighted by Crippen LogP contribution is -2.00. The molecule has 0 aliphatic heterocycles. The molecule has 0 bridgehead atoms. The van der Waals surface area contributed by atoms with E-state index in [0.717, 1.165) is 38.9 Å². The van der Waals surface area contributed by atoms with Gasteiger partial charge in [0.05, 0.1) is 7.11 Å². The van der Waals surface area contributed by atoms with E-state index in [1.165, 1.54) is 0 Å². The molecule has 0 saturated carbocycles. The van der Waals surface area contributed by atoms with Crippen LogP contribution in [0.3, 0.4) is 0 Å². The zero-order chi connectivity index (χ0) is 15.0. The normalized spacial score (nSPS) is 10.8. The maximum atomic E-state index is 5.93. The molecule has 0 radical (unpaired) electrons. The van der Waals surface area contributed by atoms with Crippen LogP contribution in [0, 0.1) is 13.8 Å². The third-order valence-electron chi connectivity index (χ3n) is 3.62. The van der Waals surface area contributed by atoms with Crippen molar-refractivity contribution in [2.45, 2.75) is 13.8 Å². The van der Waals surface area contributed by atoms with Gasteiger partial charge in [0.15, 0.2) is 5.82 Å². The Morgan fingerprint density at radius 3 is 2.43 bits per heavy atom. The van der Waals surface area contributed by atoms with Crippen LogP contribution in [0.5, 0.6) is 5.75 Å². The summed E-state index contributed by atoms with van der Waals surface area (Å²) in [6, 6.07) is 12.0. The third-order valence-corrected chi connectivity index (χ3v) is 3.62. The highest BCUT2D eigenvalue weighted by Crippen LogP contribution is 2.37. The van der Waals surface area contributed by atoms with Gasteiger partial charge in [0.2, 0.25) is 0 Å². The second kappa shape index (κ2) is 5.05. The maximum absolute atomic E-state index is 5.93. The van der Waals surface area contributed by atoms with Crippen molar-refractivity contribution in [3.8, 4) is 17.0 Å². The van der Waals surface area contributed by atoms with Crippen molar-refractivity contribution in [3.63, 3.8) is 0 Å². The van der Waals surface area contributed by atoms with Crippen LogP contribution in [0.4, 0.5) is 5.82 Å². The highest BCUT2D eigenvalue weighted by atomic mass is 16.5. The molecule has 0 unspecified atom stereocenters. The molecule has 0 fully saturated rings. The van der Waals surface area contributed by atoms with Crippen molar-refractivity contribution in [1.82, 2.24) is 10.2 Å². The molecule has 0 aliphatic carbocycles. The first-order valence-electron chi connectivity index (χ1n) is 6.78. The number of ether oxygens (including phenoxy) is 1. The van der Waals surface area contributed by atoms with Crippen LogP contribution in [-0.4, -0.2) is 17.3 Å². The Morgan fingerprint density at radius 1 is 1.00 bits per heavy atom. The quantitative estimate of drug-likeness (QED) is 0.780. The third kappa shape index (κ3) is 2.18. The van der Waals surface area contributed by atoms with Crippen LogP contribution in [-0.2, 0) is 0 Å². The van der Waals surface area contributed by atoms with Gasteiger partial charge in [-0.05, 0) is 31.0 Å². The van der Waals surface area contributed by atoms with Crippen molar-refractivity contribution < 1.29 is 4.74 Å². The van der Waals surface area contributed by atoms with E-state index in [-0.39, 0.29) is 0 Å². The SMILES string of the molecule is COc1cc(C)cc(C)c1-c1nnc(N)c2ccccc12. The van der Waals surface area contributed by atoms with E-state index in [1.807, 2.05) is 37.3 Å². The number of aromatic nitrogens is 2. The van der Waals surface area contributed by atoms with Crippen LogP contribution in [0.25, 0.3) is 22.0 Å². The second-order valence-electron chi connectivity index (χ2n) is 5.14. The smallest absolute Gasteiger partial charge is 0.154 e. The number of aryl methyl sites for hydroxylation is 2. The predicted octanol–water partition coefficient (Wildman–Crippen LogP) is 3.50. The summed E-state index contributed by atoms with van der Waals surface area (Å²) < 4.78 is 5.54. The van der Waals surface area contributed by atoms with Crippen LogP contribution < -0.4 is 10.5 Å². The highest BCUT2D eigenvalue weighted by Gasteiger charge is 2.16.